The highest BCUT2D eigenvalue weighted by Gasteiger charge is 2.42. The maximum absolute atomic E-state index is 13.4. The molecule has 0 aliphatic carbocycles. The Morgan fingerprint density at radius 2 is 1.71 bits per heavy atom. The standard InChI is InChI=1S/C26H27ClN4O4/c1-4-5-14-31-22-20(25(34)30(3)26(31)35)19(16-10-12-18(27)13-11-16)21(24(33)29-22)28-23(32)17-8-6-15(2)7-9-17/h6-13,19,21H,4-5,14H2,1-3H3,(H,28,32)(H,29,33)/t19-,21+/m1/s1. The van der Waals surface area contributed by atoms with Gasteiger partial charge in [0, 0.05) is 30.1 Å². The molecule has 1 aliphatic heterocycles. The molecule has 2 amide bonds. The highest BCUT2D eigenvalue weighted by atomic mass is 35.5. The quantitative estimate of drug-likeness (QED) is 0.549. The molecule has 2 N–H and O–H groups in total. The number of aryl methyl sites for hydroxylation is 1. The zero-order valence-electron chi connectivity index (χ0n) is 19.8. The van der Waals surface area contributed by atoms with Gasteiger partial charge in [0.15, 0.2) is 0 Å². The summed E-state index contributed by atoms with van der Waals surface area (Å²) in [4.78, 5) is 52.8. The first kappa shape index (κ1) is 24.5. The molecule has 0 saturated carbocycles. The smallest absolute Gasteiger partial charge is 0.332 e. The Labute approximate surface area is 207 Å². The highest BCUT2D eigenvalue weighted by molar-refractivity contribution is 6.30. The van der Waals surface area contributed by atoms with Crippen LogP contribution in [0.2, 0.25) is 5.02 Å². The van der Waals surface area contributed by atoms with Crippen LogP contribution in [-0.4, -0.2) is 27.0 Å². The van der Waals surface area contributed by atoms with Gasteiger partial charge >= 0.3 is 5.69 Å². The average molecular weight is 495 g/mol. The van der Waals surface area contributed by atoms with Crippen molar-refractivity contribution in [1.29, 1.82) is 0 Å². The number of amides is 2. The van der Waals surface area contributed by atoms with Crippen LogP contribution in [0.5, 0.6) is 0 Å². The lowest BCUT2D eigenvalue weighted by Crippen LogP contribution is -2.55. The second-order valence-corrected chi connectivity index (χ2v) is 9.19. The fraction of sp³-hybridized carbons (Fsp3) is 0.308. The van der Waals surface area contributed by atoms with Crippen molar-refractivity contribution in [3.8, 4) is 0 Å². The third kappa shape index (κ3) is 4.66. The molecule has 0 fully saturated rings. The summed E-state index contributed by atoms with van der Waals surface area (Å²) in [5.74, 6) is -1.59. The number of benzene rings is 2. The molecule has 2 aromatic carbocycles. The predicted molar refractivity (Wildman–Crippen MR) is 135 cm³/mol. The molecular weight excluding hydrogens is 468 g/mol. The summed E-state index contributed by atoms with van der Waals surface area (Å²) in [6.45, 7) is 4.25. The van der Waals surface area contributed by atoms with Crippen molar-refractivity contribution in [1.82, 2.24) is 14.5 Å². The van der Waals surface area contributed by atoms with Gasteiger partial charge in [0.05, 0.1) is 5.56 Å². The molecule has 2 heterocycles. The van der Waals surface area contributed by atoms with Gasteiger partial charge in [0.1, 0.15) is 11.9 Å². The maximum atomic E-state index is 13.4. The molecule has 0 unspecified atom stereocenters. The molecule has 3 aromatic rings. The minimum atomic E-state index is -1.08. The summed E-state index contributed by atoms with van der Waals surface area (Å²) in [5.41, 5.74) is 1.24. The first-order valence-electron chi connectivity index (χ1n) is 11.5. The van der Waals surface area contributed by atoms with Crippen molar-refractivity contribution in [2.45, 2.75) is 45.2 Å². The van der Waals surface area contributed by atoms with Crippen molar-refractivity contribution in [2.24, 2.45) is 7.05 Å². The molecule has 4 rings (SSSR count). The lowest BCUT2D eigenvalue weighted by molar-refractivity contribution is -0.118. The number of nitrogens with one attached hydrogen (secondary N) is 2. The number of rotatable bonds is 6. The van der Waals surface area contributed by atoms with Crippen molar-refractivity contribution in [3.63, 3.8) is 0 Å². The van der Waals surface area contributed by atoms with Gasteiger partial charge in [0.2, 0.25) is 5.91 Å². The molecular formula is C26H27ClN4O4. The summed E-state index contributed by atoms with van der Waals surface area (Å²) in [6.07, 6.45) is 1.52. The molecule has 2 atom stereocenters. The van der Waals surface area contributed by atoms with Gasteiger partial charge in [0.25, 0.3) is 11.5 Å². The number of hydrogen-bond acceptors (Lipinski definition) is 4. The van der Waals surface area contributed by atoms with E-state index >= 15 is 0 Å². The summed E-state index contributed by atoms with van der Waals surface area (Å²) in [7, 11) is 1.42. The molecule has 9 heteroatoms. The molecule has 0 bridgehead atoms. The summed E-state index contributed by atoms with van der Waals surface area (Å²) in [6, 6.07) is 12.7. The van der Waals surface area contributed by atoms with Crippen LogP contribution in [0.1, 0.15) is 52.7 Å². The summed E-state index contributed by atoms with van der Waals surface area (Å²) >= 11 is 6.09. The zero-order valence-corrected chi connectivity index (χ0v) is 20.6. The minimum absolute atomic E-state index is 0.178. The van der Waals surface area contributed by atoms with E-state index in [1.54, 1.807) is 36.4 Å². The number of hydrogen-bond donors (Lipinski definition) is 2. The van der Waals surface area contributed by atoms with Crippen LogP contribution in [0.4, 0.5) is 5.82 Å². The first-order chi connectivity index (χ1) is 16.7. The van der Waals surface area contributed by atoms with Gasteiger partial charge in [-0.2, -0.15) is 0 Å². The fourth-order valence-electron chi connectivity index (χ4n) is 4.35. The van der Waals surface area contributed by atoms with Crippen molar-refractivity contribution < 1.29 is 9.59 Å². The zero-order chi connectivity index (χ0) is 25.3. The van der Waals surface area contributed by atoms with Crippen molar-refractivity contribution in [3.05, 3.63) is 96.6 Å². The van der Waals surface area contributed by atoms with Crippen molar-refractivity contribution >= 4 is 29.2 Å². The van der Waals surface area contributed by atoms with E-state index in [2.05, 4.69) is 10.6 Å². The SMILES string of the molecule is CCCCn1c2c(c(=O)n(C)c1=O)[C@@H](c1ccc(Cl)cc1)[C@H](NC(=O)c1ccc(C)cc1)C(=O)N2. The highest BCUT2D eigenvalue weighted by Crippen LogP contribution is 2.35. The van der Waals surface area contributed by atoms with Crippen LogP contribution in [-0.2, 0) is 18.4 Å². The number of aromatic nitrogens is 2. The second kappa shape index (κ2) is 9.92. The maximum Gasteiger partial charge on any atom is 0.332 e. The van der Waals surface area contributed by atoms with E-state index in [1.165, 1.54) is 11.6 Å². The molecule has 1 aliphatic rings. The lowest BCUT2D eigenvalue weighted by atomic mass is 9.82. The molecule has 0 saturated heterocycles. The number of anilines is 1. The number of unbranched alkanes of at least 4 members (excludes halogenated alkanes) is 1. The number of fused-ring (bicyclic) bond motifs is 1. The first-order valence-corrected chi connectivity index (χ1v) is 11.9. The normalized spacial score (nSPS) is 17.0. The van der Waals surface area contributed by atoms with Crippen LogP contribution in [0.15, 0.2) is 58.1 Å². The topological polar surface area (TPSA) is 102 Å². The molecule has 0 spiro atoms. The molecule has 182 valence electrons. The van der Waals surface area contributed by atoms with Gasteiger partial charge in [-0.25, -0.2) is 4.79 Å². The Hall–Kier alpha value is -3.65. The van der Waals surface area contributed by atoms with Gasteiger partial charge < -0.3 is 10.6 Å². The summed E-state index contributed by atoms with van der Waals surface area (Å²) in [5, 5.41) is 6.05. The van der Waals surface area contributed by atoms with Crippen LogP contribution in [0.3, 0.4) is 0 Å². The second-order valence-electron chi connectivity index (χ2n) is 8.75. The third-order valence-corrected chi connectivity index (χ3v) is 6.56. The average Bonchev–Trinajstić information content (AvgIpc) is 2.84. The van der Waals surface area contributed by atoms with Crippen LogP contribution in [0, 0.1) is 6.92 Å². The van der Waals surface area contributed by atoms with Gasteiger partial charge in [-0.1, -0.05) is 54.8 Å². The monoisotopic (exact) mass is 494 g/mol. The van der Waals surface area contributed by atoms with E-state index in [0.717, 1.165) is 16.6 Å². The number of carbonyl (C=O) groups excluding carboxylic acids is 2. The van der Waals surface area contributed by atoms with E-state index in [-0.39, 0.29) is 11.4 Å². The lowest BCUT2D eigenvalue weighted by Gasteiger charge is -2.34. The number of nitrogens with zero attached hydrogens (tertiary/aromatic N) is 2. The van der Waals surface area contributed by atoms with Gasteiger partial charge in [-0.05, 0) is 43.2 Å². The van der Waals surface area contributed by atoms with Crippen LogP contribution >= 0.6 is 11.6 Å². The third-order valence-electron chi connectivity index (χ3n) is 6.31. The van der Waals surface area contributed by atoms with E-state index in [4.69, 9.17) is 11.6 Å². The van der Waals surface area contributed by atoms with E-state index in [9.17, 15) is 19.2 Å². The number of halogens is 1. The predicted octanol–water partition coefficient (Wildman–Crippen LogP) is 3.19. The fourth-order valence-corrected chi connectivity index (χ4v) is 4.48. The number of carbonyl (C=O) groups is 2. The largest absolute Gasteiger partial charge is 0.339 e. The van der Waals surface area contributed by atoms with E-state index in [1.807, 2.05) is 26.0 Å². The van der Waals surface area contributed by atoms with Crippen LogP contribution < -0.4 is 21.9 Å². The Morgan fingerprint density at radius 1 is 1.06 bits per heavy atom. The molecule has 0 radical (unpaired) electrons. The Balaban J connectivity index is 1.89. The van der Waals surface area contributed by atoms with E-state index < -0.39 is 35.0 Å². The Bertz CT molecular complexity index is 1390. The minimum Gasteiger partial charge on any atom is -0.339 e. The molecule has 35 heavy (non-hydrogen) atoms. The van der Waals surface area contributed by atoms with Crippen molar-refractivity contribution in [2.75, 3.05) is 5.32 Å². The van der Waals surface area contributed by atoms with Gasteiger partial charge in [-0.3, -0.25) is 23.5 Å². The van der Waals surface area contributed by atoms with E-state index in [0.29, 0.717) is 29.1 Å². The van der Waals surface area contributed by atoms with Crippen LogP contribution in [0.25, 0.3) is 0 Å². The Kier molecular flexibility index (Phi) is 6.93. The molecule has 1 aromatic heterocycles. The Morgan fingerprint density at radius 3 is 2.34 bits per heavy atom. The molecule has 8 nitrogen and oxygen atoms in total. The summed E-state index contributed by atoms with van der Waals surface area (Å²) < 4.78 is 2.48. The van der Waals surface area contributed by atoms with Gasteiger partial charge in [-0.15, -0.1) is 0 Å².